The first kappa shape index (κ1) is 19.4. The topological polar surface area (TPSA) is 63.9 Å². The number of hydrogen-bond acceptors (Lipinski definition) is 5. The van der Waals surface area contributed by atoms with Crippen LogP contribution in [0.2, 0.25) is 5.02 Å². The molecule has 1 amide bonds. The molecule has 0 bridgehead atoms. The molecule has 8 heteroatoms. The predicted octanol–water partition coefficient (Wildman–Crippen LogP) is 4.02. The van der Waals surface area contributed by atoms with E-state index in [1.807, 2.05) is 61.2 Å². The third-order valence-electron chi connectivity index (χ3n) is 4.12. The summed E-state index contributed by atoms with van der Waals surface area (Å²) in [5.41, 5.74) is 1.66. The quantitative estimate of drug-likeness (QED) is 0.559. The van der Waals surface area contributed by atoms with Gasteiger partial charge in [0.2, 0.25) is 11.1 Å². The van der Waals surface area contributed by atoms with Gasteiger partial charge >= 0.3 is 0 Å². The fourth-order valence-electron chi connectivity index (χ4n) is 2.72. The molecule has 0 saturated carbocycles. The zero-order valence-corrected chi connectivity index (χ0v) is 16.7. The van der Waals surface area contributed by atoms with Crippen LogP contribution in [0.4, 0.5) is 0 Å². The molecule has 2 aromatic carbocycles. The number of rotatable bonds is 7. The second-order valence-corrected chi connectivity index (χ2v) is 7.28. The molecular weight excluding hydrogens is 382 g/mol. The minimum atomic E-state index is -0.435. The van der Waals surface area contributed by atoms with E-state index in [4.69, 9.17) is 11.6 Å². The van der Waals surface area contributed by atoms with Crippen molar-refractivity contribution in [1.82, 2.24) is 25.1 Å². The Morgan fingerprint density at radius 2 is 1.89 bits per heavy atom. The molecule has 3 aromatic rings. The van der Waals surface area contributed by atoms with E-state index in [1.165, 1.54) is 11.8 Å². The van der Waals surface area contributed by atoms with Crippen LogP contribution in [-0.2, 0) is 4.79 Å². The van der Waals surface area contributed by atoms with Gasteiger partial charge in [-0.2, -0.15) is 4.68 Å². The third kappa shape index (κ3) is 4.48. The smallest absolute Gasteiger partial charge is 0.240 e. The Hall–Kier alpha value is -2.38. The Morgan fingerprint density at radius 3 is 2.56 bits per heavy atom. The Bertz CT molecular complexity index is 898. The maximum absolute atomic E-state index is 13.1. The molecule has 0 aliphatic heterocycles. The summed E-state index contributed by atoms with van der Waals surface area (Å²) >= 11 is 7.43. The van der Waals surface area contributed by atoms with Crippen molar-refractivity contribution >= 4 is 29.3 Å². The summed E-state index contributed by atoms with van der Waals surface area (Å²) in [6.45, 7) is 5.26. The molecule has 27 heavy (non-hydrogen) atoms. The number of nitrogens with zero attached hydrogens (tertiary/aromatic N) is 5. The highest BCUT2D eigenvalue weighted by Crippen LogP contribution is 2.36. The van der Waals surface area contributed by atoms with E-state index in [2.05, 4.69) is 15.5 Å². The Kier molecular flexibility index (Phi) is 6.47. The molecule has 1 aromatic heterocycles. The summed E-state index contributed by atoms with van der Waals surface area (Å²) in [5.74, 6) is 0.0387. The van der Waals surface area contributed by atoms with Crippen molar-refractivity contribution in [2.75, 3.05) is 13.1 Å². The van der Waals surface area contributed by atoms with Crippen LogP contribution in [0, 0.1) is 0 Å². The Morgan fingerprint density at radius 1 is 1.15 bits per heavy atom. The first-order chi connectivity index (χ1) is 13.1. The largest absolute Gasteiger partial charge is 0.342 e. The van der Waals surface area contributed by atoms with Crippen molar-refractivity contribution in [3.63, 3.8) is 0 Å². The van der Waals surface area contributed by atoms with Crippen LogP contribution < -0.4 is 0 Å². The van der Waals surface area contributed by atoms with Crippen LogP contribution in [0.5, 0.6) is 0 Å². The lowest BCUT2D eigenvalue weighted by molar-refractivity contribution is -0.130. The summed E-state index contributed by atoms with van der Waals surface area (Å²) < 4.78 is 1.60. The minimum Gasteiger partial charge on any atom is -0.342 e. The number of thioether (sulfide) groups is 1. The van der Waals surface area contributed by atoms with Gasteiger partial charge in [0.15, 0.2) is 0 Å². The molecule has 1 heterocycles. The van der Waals surface area contributed by atoms with Crippen molar-refractivity contribution in [2.45, 2.75) is 24.3 Å². The first-order valence-corrected chi connectivity index (χ1v) is 9.94. The fraction of sp³-hybridized carbons (Fsp3) is 0.263. The number of halogens is 1. The highest BCUT2D eigenvalue weighted by Gasteiger charge is 2.28. The van der Waals surface area contributed by atoms with Crippen LogP contribution in [0.25, 0.3) is 5.69 Å². The third-order valence-corrected chi connectivity index (χ3v) is 5.53. The summed E-state index contributed by atoms with van der Waals surface area (Å²) in [5, 5.41) is 12.7. The predicted molar refractivity (Wildman–Crippen MR) is 107 cm³/mol. The second-order valence-electron chi connectivity index (χ2n) is 5.77. The van der Waals surface area contributed by atoms with Crippen molar-refractivity contribution in [2.24, 2.45) is 0 Å². The average Bonchev–Trinajstić information content (AvgIpc) is 3.16. The minimum absolute atomic E-state index is 0.0387. The van der Waals surface area contributed by atoms with Crippen molar-refractivity contribution in [1.29, 1.82) is 0 Å². The molecular formula is C19H20ClN5OS. The zero-order valence-electron chi connectivity index (χ0n) is 15.1. The second kappa shape index (κ2) is 9.01. The van der Waals surface area contributed by atoms with E-state index in [9.17, 15) is 4.79 Å². The van der Waals surface area contributed by atoms with Gasteiger partial charge < -0.3 is 4.90 Å². The number of carbonyl (C=O) groups excluding carboxylic acids is 1. The Labute approximate surface area is 167 Å². The summed E-state index contributed by atoms with van der Waals surface area (Å²) in [4.78, 5) is 15.0. The maximum atomic E-state index is 13.1. The van der Waals surface area contributed by atoms with Crippen LogP contribution in [0.3, 0.4) is 0 Å². The molecule has 0 aliphatic rings. The van der Waals surface area contributed by atoms with Gasteiger partial charge in [-0.25, -0.2) is 0 Å². The molecule has 0 spiro atoms. The van der Waals surface area contributed by atoms with Gasteiger partial charge in [-0.05, 0) is 48.0 Å². The van der Waals surface area contributed by atoms with Crippen molar-refractivity contribution < 1.29 is 4.79 Å². The van der Waals surface area contributed by atoms with E-state index >= 15 is 0 Å². The molecule has 0 fully saturated rings. The van der Waals surface area contributed by atoms with Gasteiger partial charge in [-0.3, -0.25) is 4.79 Å². The molecule has 0 saturated heterocycles. The number of aromatic nitrogens is 4. The fourth-order valence-corrected chi connectivity index (χ4v) is 3.98. The van der Waals surface area contributed by atoms with Crippen LogP contribution in [-0.4, -0.2) is 44.1 Å². The lowest BCUT2D eigenvalue weighted by Gasteiger charge is -2.24. The number of hydrogen-bond donors (Lipinski definition) is 0. The molecule has 0 radical (unpaired) electrons. The van der Waals surface area contributed by atoms with Crippen molar-refractivity contribution in [3.05, 3.63) is 65.2 Å². The lowest BCUT2D eigenvalue weighted by atomic mass is 10.1. The molecule has 140 valence electrons. The zero-order chi connectivity index (χ0) is 19.2. The van der Waals surface area contributed by atoms with Crippen LogP contribution >= 0.6 is 23.4 Å². The van der Waals surface area contributed by atoms with E-state index in [0.717, 1.165) is 11.3 Å². The van der Waals surface area contributed by atoms with Gasteiger partial charge in [0.05, 0.1) is 5.69 Å². The van der Waals surface area contributed by atoms with E-state index in [0.29, 0.717) is 23.3 Å². The molecule has 0 unspecified atom stereocenters. The Balaban J connectivity index is 1.96. The van der Waals surface area contributed by atoms with E-state index in [-0.39, 0.29) is 5.91 Å². The number of benzene rings is 2. The van der Waals surface area contributed by atoms with E-state index < -0.39 is 5.25 Å². The monoisotopic (exact) mass is 401 g/mol. The highest BCUT2D eigenvalue weighted by molar-refractivity contribution is 8.00. The maximum Gasteiger partial charge on any atom is 0.240 e. The number of carbonyl (C=O) groups is 1. The molecule has 3 rings (SSSR count). The molecule has 0 N–H and O–H groups in total. The summed E-state index contributed by atoms with van der Waals surface area (Å²) in [6.07, 6.45) is 0. The highest BCUT2D eigenvalue weighted by atomic mass is 35.5. The molecule has 6 nitrogen and oxygen atoms in total. The normalized spacial score (nSPS) is 12.0. The first-order valence-electron chi connectivity index (χ1n) is 8.68. The van der Waals surface area contributed by atoms with E-state index in [1.54, 1.807) is 16.8 Å². The SMILES string of the molecule is CCN(CC)C(=O)[C@@H](Sc1nnnn1-c1cccc(Cl)c1)c1ccccc1. The van der Waals surface area contributed by atoms with Gasteiger partial charge in [-0.1, -0.05) is 59.8 Å². The lowest BCUT2D eigenvalue weighted by Crippen LogP contribution is -2.34. The molecule has 0 aliphatic carbocycles. The molecule has 1 atom stereocenters. The number of tetrazole rings is 1. The van der Waals surface area contributed by atoms with Gasteiger partial charge in [0.25, 0.3) is 0 Å². The number of likely N-dealkylation sites (N-methyl/N-ethyl adjacent to an activating group) is 1. The van der Waals surface area contributed by atoms with Gasteiger partial charge in [0.1, 0.15) is 5.25 Å². The summed E-state index contributed by atoms with van der Waals surface area (Å²) in [6, 6.07) is 17.0. The average molecular weight is 402 g/mol. The van der Waals surface area contributed by atoms with Crippen LogP contribution in [0.1, 0.15) is 24.7 Å². The van der Waals surface area contributed by atoms with Gasteiger partial charge in [0, 0.05) is 18.1 Å². The summed E-state index contributed by atoms with van der Waals surface area (Å²) in [7, 11) is 0. The number of amides is 1. The van der Waals surface area contributed by atoms with Gasteiger partial charge in [-0.15, -0.1) is 5.10 Å². The standard InChI is InChI=1S/C19H20ClN5OS/c1-3-24(4-2)18(26)17(14-9-6-5-7-10-14)27-19-21-22-23-25(19)16-12-8-11-15(20)13-16/h5-13,17H,3-4H2,1-2H3/t17-/m0/s1. The van der Waals surface area contributed by atoms with Crippen molar-refractivity contribution in [3.8, 4) is 5.69 Å². The van der Waals surface area contributed by atoms with Crippen LogP contribution in [0.15, 0.2) is 59.8 Å².